The molecular weight excluding hydrogens is 538 g/mol. The summed E-state index contributed by atoms with van der Waals surface area (Å²) in [5.74, 6) is -0.587. The molecule has 0 saturated heterocycles. The van der Waals surface area contributed by atoms with Gasteiger partial charge in [-0.1, -0.05) is 67.6 Å². The number of fused-ring (bicyclic) bond motifs is 1. The van der Waals surface area contributed by atoms with Crippen LogP contribution in [0.25, 0.3) is 27.3 Å². The van der Waals surface area contributed by atoms with Crippen LogP contribution in [-0.2, 0) is 9.59 Å². The topological polar surface area (TPSA) is 75.8 Å². The lowest BCUT2D eigenvalue weighted by Gasteiger charge is -2.26. The number of anilines is 3. The van der Waals surface area contributed by atoms with Crippen LogP contribution < -0.4 is 10.6 Å². The number of aliphatic imine (C=N–C) groups is 1. The minimum absolute atomic E-state index is 0.161. The fourth-order valence-corrected chi connectivity index (χ4v) is 6.18. The molecule has 6 rings (SSSR count). The highest BCUT2D eigenvalue weighted by atomic mass is 32.1. The Bertz CT molecular complexity index is 1880. The van der Waals surface area contributed by atoms with Crippen molar-refractivity contribution in [1.29, 1.82) is 0 Å². The Kier molecular flexibility index (Phi) is 7.73. The number of rotatable bonds is 8. The number of benzene rings is 4. The zero-order valence-electron chi connectivity index (χ0n) is 23.2. The monoisotopic (exact) mass is 567 g/mol. The molecule has 4 aromatic carbocycles. The maximum atomic E-state index is 13.0. The lowest BCUT2D eigenvalue weighted by molar-refractivity contribution is -0.115. The quantitative estimate of drug-likeness (QED) is 0.116. The van der Waals surface area contributed by atoms with Gasteiger partial charge in [0.2, 0.25) is 5.78 Å². The molecule has 5 aromatic rings. The molecule has 0 amide bonds. The van der Waals surface area contributed by atoms with E-state index in [-0.39, 0.29) is 29.4 Å². The van der Waals surface area contributed by atoms with Crippen LogP contribution in [-0.4, -0.2) is 24.3 Å². The van der Waals surface area contributed by atoms with Gasteiger partial charge in [-0.3, -0.25) is 14.6 Å². The minimum Gasteiger partial charge on any atom is -0.326 e. The van der Waals surface area contributed by atoms with E-state index >= 15 is 0 Å². The molecule has 206 valence electrons. The van der Waals surface area contributed by atoms with Crippen LogP contribution in [0.4, 0.5) is 17.1 Å². The van der Waals surface area contributed by atoms with E-state index in [9.17, 15) is 9.59 Å². The van der Waals surface area contributed by atoms with Crippen molar-refractivity contribution >= 4 is 63.0 Å². The Morgan fingerprint density at radius 1 is 0.762 bits per heavy atom. The standard InChI is InChI=1S/C36H29N3O2S/c1-2-31-34(38-21-20-37)36(41)32(35(31)40)23-30-18-19-33(42-30)25-13-15-28(16-14-25)39(27-10-4-3-5-11-27)29-17-12-24-8-6-7-9-26(24)22-29/h3-19,21-23H,2,20,37H2,1H3/b32-23-,38-21?. The van der Waals surface area contributed by atoms with E-state index in [1.807, 2.05) is 37.3 Å². The number of nitrogens with two attached hydrogens (primary N) is 1. The Morgan fingerprint density at radius 3 is 2.19 bits per heavy atom. The molecule has 2 N–H and O–H groups in total. The Morgan fingerprint density at radius 2 is 1.45 bits per heavy atom. The van der Waals surface area contributed by atoms with Crippen LogP contribution in [0.5, 0.6) is 0 Å². The first-order chi connectivity index (χ1) is 20.6. The van der Waals surface area contributed by atoms with Gasteiger partial charge in [0.15, 0.2) is 5.78 Å². The molecule has 5 nitrogen and oxygen atoms in total. The van der Waals surface area contributed by atoms with E-state index in [2.05, 4.69) is 88.8 Å². The number of ketones is 2. The van der Waals surface area contributed by atoms with E-state index in [0.717, 1.165) is 32.4 Å². The molecule has 42 heavy (non-hydrogen) atoms. The molecule has 0 atom stereocenters. The van der Waals surface area contributed by atoms with Crippen LogP contribution in [0.2, 0.25) is 0 Å². The van der Waals surface area contributed by atoms with Crippen LogP contribution in [0.1, 0.15) is 18.2 Å². The molecule has 0 unspecified atom stereocenters. The number of nitrogens with zero attached hydrogens (tertiary/aromatic N) is 2. The summed E-state index contributed by atoms with van der Waals surface area (Å²) < 4.78 is 0. The van der Waals surface area contributed by atoms with Crippen LogP contribution >= 0.6 is 11.3 Å². The highest BCUT2D eigenvalue weighted by Crippen LogP contribution is 2.38. The maximum absolute atomic E-state index is 13.0. The first-order valence-corrected chi connectivity index (χ1v) is 14.7. The van der Waals surface area contributed by atoms with Crippen LogP contribution in [0, 0.1) is 0 Å². The lowest BCUT2D eigenvalue weighted by atomic mass is 10.1. The fraction of sp³-hybridized carbons (Fsp3) is 0.0833. The van der Waals surface area contributed by atoms with Gasteiger partial charge < -0.3 is 10.6 Å². The molecule has 1 aliphatic carbocycles. The largest absolute Gasteiger partial charge is 0.326 e. The van der Waals surface area contributed by atoms with Gasteiger partial charge in [0.05, 0.1) is 5.57 Å². The second-order valence-corrected chi connectivity index (χ2v) is 11.0. The highest BCUT2D eigenvalue weighted by molar-refractivity contribution is 7.16. The molecule has 0 fully saturated rings. The molecular formula is C36H29N3O2S. The molecule has 6 heteroatoms. The summed E-state index contributed by atoms with van der Waals surface area (Å²) in [5.41, 5.74) is 10.6. The highest BCUT2D eigenvalue weighted by Gasteiger charge is 2.34. The molecule has 1 aliphatic rings. The van der Waals surface area contributed by atoms with Crippen molar-refractivity contribution in [2.24, 2.45) is 10.7 Å². The van der Waals surface area contributed by atoms with Gasteiger partial charge in [0.1, 0.15) is 5.70 Å². The number of carbonyl (C=O) groups excluding carboxylic acids is 2. The van der Waals surface area contributed by atoms with Gasteiger partial charge in [0.25, 0.3) is 0 Å². The molecule has 0 aliphatic heterocycles. The number of thiophene rings is 1. The number of carbonyl (C=O) groups is 2. The second-order valence-electron chi connectivity index (χ2n) is 9.90. The summed E-state index contributed by atoms with van der Waals surface area (Å²) in [5, 5.41) is 2.39. The lowest BCUT2D eigenvalue weighted by Crippen LogP contribution is -2.09. The fourth-order valence-electron chi connectivity index (χ4n) is 5.22. The van der Waals surface area contributed by atoms with Gasteiger partial charge >= 0.3 is 0 Å². The van der Waals surface area contributed by atoms with Crippen molar-refractivity contribution in [1.82, 2.24) is 0 Å². The van der Waals surface area contributed by atoms with E-state index in [4.69, 9.17) is 5.73 Å². The summed E-state index contributed by atoms with van der Waals surface area (Å²) in [6.07, 6.45) is 3.59. The third kappa shape index (κ3) is 5.26. The Hall–Kier alpha value is -4.91. The third-order valence-corrected chi connectivity index (χ3v) is 8.35. The van der Waals surface area contributed by atoms with E-state index in [1.165, 1.54) is 17.0 Å². The second kappa shape index (κ2) is 11.9. The van der Waals surface area contributed by atoms with E-state index in [1.54, 1.807) is 17.4 Å². The van der Waals surface area contributed by atoms with Gasteiger partial charge in [-0.05, 0) is 77.4 Å². The smallest absolute Gasteiger partial charge is 0.215 e. The molecule has 0 bridgehead atoms. The average molecular weight is 568 g/mol. The van der Waals surface area contributed by atoms with Crippen molar-refractivity contribution < 1.29 is 9.59 Å². The zero-order chi connectivity index (χ0) is 29.1. The number of para-hydroxylation sites is 1. The molecule has 1 aromatic heterocycles. The summed E-state index contributed by atoms with van der Waals surface area (Å²) in [7, 11) is 0. The first-order valence-electron chi connectivity index (χ1n) is 13.9. The molecule has 0 spiro atoms. The normalized spacial score (nSPS) is 14.6. The first kappa shape index (κ1) is 27.3. The van der Waals surface area contributed by atoms with Gasteiger partial charge in [0, 0.05) is 45.1 Å². The van der Waals surface area contributed by atoms with Crippen molar-refractivity contribution in [3.05, 3.63) is 131 Å². The minimum atomic E-state index is -0.337. The maximum Gasteiger partial charge on any atom is 0.215 e. The predicted octanol–water partition coefficient (Wildman–Crippen LogP) is 8.27. The summed E-state index contributed by atoms with van der Waals surface area (Å²) >= 11 is 1.54. The number of allylic oxidation sites excluding steroid dienone is 2. The summed E-state index contributed by atoms with van der Waals surface area (Å²) in [6.45, 7) is 2.06. The molecule has 0 radical (unpaired) electrons. The Balaban J connectivity index is 1.30. The SMILES string of the molecule is CCC1=C(N=CCN)C(=O)/C(=C\c2ccc(-c3ccc(N(c4ccccc4)c4ccc5ccccc5c4)cc3)s2)C1=O. The van der Waals surface area contributed by atoms with Gasteiger partial charge in [-0.25, -0.2) is 0 Å². The van der Waals surface area contributed by atoms with Crippen molar-refractivity contribution in [3.8, 4) is 10.4 Å². The molecule has 1 heterocycles. The van der Waals surface area contributed by atoms with Crippen LogP contribution in [0.15, 0.2) is 131 Å². The summed E-state index contributed by atoms with van der Waals surface area (Å²) in [4.78, 5) is 34.2. The zero-order valence-corrected chi connectivity index (χ0v) is 24.0. The van der Waals surface area contributed by atoms with E-state index < -0.39 is 0 Å². The molecule has 0 saturated carbocycles. The number of hydrogen-bond donors (Lipinski definition) is 1. The number of hydrogen-bond acceptors (Lipinski definition) is 6. The van der Waals surface area contributed by atoms with Gasteiger partial charge in [-0.15, -0.1) is 11.3 Å². The van der Waals surface area contributed by atoms with Gasteiger partial charge in [-0.2, -0.15) is 0 Å². The van der Waals surface area contributed by atoms with Crippen molar-refractivity contribution in [2.45, 2.75) is 13.3 Å². The number of Topliss-reactive ketones (excluding diaryl/α,β-unsaturated/α-hetero) is 2. The summed E-state index contributed by atoms with van der Waals surface area (Å²) in [6, 6.07) is 37.7. The van der Waals surface area contributed by atoms with Crippen LogP contribution in [0.3, 0.4) is 0 Å². The average Bonchev–Trinajstić information content (AvgIpc) is 3.59. The van der Waals surface area contributed by atoms with Crippen molar-refractivity contribution in [2.75, 3.05) is 11.4 Å². The van der Waals surface area contributed by atoms with E-state index in [0.29, 0.717) is 12.0 Å². The Labute approximate surface area is 249 Å². The predicted molar refractivity (Wildman–Crippen MR) is 175 cm³/mol. The third-order valence-electron chi connectivity index (χ3n) is 7.27. The van der Waals surface area contributed by atoms with Crippen molar-refractivity contribution in [3.63, 3.8) is 0 Å².